The highest BCUT2D eigenvalue weighted by atomic mass is 35.5. The summed E-state index contributed by atoms with van der Waals surface area (Å²) in [6.07, 6.45) is 3.53. The van der Waals surface area contributed by atoms with Gasteiger partial charge in [0.25, 0.3) is 0 Å². The zero-order chi connectivity index (χ0) is 11.5. The van der Waals surface area contributed by atoms with Crippen molar-refractivity contribution in [3.05, 3.63) is 58.3 Å². The minimum absolute atomic E-state index is 0. The molecule has 2 nitrogen and oxygen atoms in total. The maximum Gasteiger partial charge on any atom is 0.211 e. The Hall–Kier alpha value is -0.960. The lowest BCUT2D eigenvalue weighted by molar-refractivity contribution is -0.688. The van der Waals surface area contributed by atoms with Crippen molar-refractivity contribution in [2.75, 3.05) is 0 Å². The number of hydrogen-bond donors (Lipinski definition) is 1. The summed E-state index contributed by atoms with van der Waals surface area (Å²) >= 11 is 11.8. The van der Waals surface area contributed by atoms with Crippen LogP contribution in [0.25, 0.3) is 0 Å². The maximum atomic E-state index is 9.32. The van der Waals surface area contributed by atoms with Gasteiger partial charge in [-0.2, -0.15) is 4.57 Å². The van der Waals surface area contributed by atoms with E-state index >= 15 is 0 Å². The monoisotopic (exact) mass is 289 g/mol. The van der Waals surface area contributed by atoms with Gasteiger partial charge in [0, 0.05) is 11.6 Å². The molecule has 0 saturated heterocycles. The molecule has 17 heavy (non-hydrogen) atoms. The minimum atomic E-state index is 0. The Balaban J connectivity index is 0.00000144. The molecule has 0 aliphatic heterocycles. The highest BCUT2D eigenvalue weighted by molar-refractivity contribution is 6.41. The Morgan fingerprint density at radius 1 is 1.12 bits per heavy atom. The van der Waals surface area contributed by atoms with Crippen LogP contribution in [-0.2, 0) is 6.54 Å². The average molecular weight is 291 g/mol. The fourth-order valence-corrected chi connectivity index (χ4v) is 1.78. The molecule has 0 atom stereocenters. The summed E-state index contributed by atoms with van der Waals surface area (Å²) in [4.78, 5) is 0. The third-order valence-electron chi connectivity index (χ3n) is 2.19. The molecule has 0 fully saturated rings. The van der Waals surface area contributed by atoms with Crippen LogP contribution >= 0.6 is 23.2 Å². The number of rotatable bonds is 2. The summed E-state index contributed by atoms with van der Waals surface area (Å²) < 4.78 is 1.87. The van der Waals surface area contributed by atoms with E-state index in [1.807, 2.05) is 22.9 Å². The van der Waals surface area contributed by atoms with Gasteiger partial charge >= 0.3 is 0 Å². The van der Waals surface area contributed by atoms with Gasteiger partial charge in [-0.05, 0) is 18.2 Å². The van der Waals surface area contributed by atoms with Gasteiger partial charge in [-0.15, -0.1) is 0 Å². The van der Waals surface area contributed by atoms with E-state index in [9.17, 15) is 5.11 Å². The lowest BCUT2D eigenvalue weighted by Gasteiger charge is -2.00. The molecule has 0 aliphatic carbocycles. The van der Waals surface area contributed by atoms with Crippen LogP contribution in [0.3, 0.4) is 0 Å². The average Bonchev–Trinajstić information content (AvgIpc) is 2.24. The van der Waals surface area contributed by atoms with E-state index in [0.29, 0.717) is 16.6 Å². The molecular formula is C12H10Cl3NO. The number of aromatic hydroxyl groups is 1. The maximum absolute atomic E-state index is 9.32. The molecule has 0 unspecified atom stereocenters. The molecule has 0 spiro atoms. The molecule has 0 radical (unpaired) electrons. The van der Waals surface area contributed by atoms with Crippen LogP contribution in [0.4, 0.5) is 0 Å². The van der Waals surface area contributed by atoms with E-state index in [-0.39, 0.29) is 18.2 Å². The van der Waals surface area contributed by atoms with Gasteiger partial charge in [-0.25, -0.2) is 0 Å². The van der Waals surface area contributed by atoms with Gasteiger partial charge in [0.05, 0.1) is 10.0 Å². The number of pyridine rings is 1. The summed E-state index contributed by atoms with van der Waals surface area (Å²) in [6.45, 7) is 0.644. The summed E-state index contributed by atoms with van der Waals surface area (Å²) in [7, 11) is 0. The first kappa shape index (κ1) is 14.1. The van der Waals surface area contributed by atoms with Gasteiger partial charge < -0.3 is 17.5 Å². The van der Waals surface area contributed by atoms with Crippen LogP contribution < -0.4 is 17.0 Å². The van der Waals surface area contributed by atoms with Crippen molar-refractivity contribution in [2.24, 2.45) is 0 Å². The van der Waals surface area contributed by atoms with Crippen molar-refractivity contribution in [3.8, 4) is 5.75 Å². The first-order valence-corrected chi connectivity index (χ1v) is 5.53. The summed E-state index contributed by atoms with van der Waals surface area (Å²) in [5, 5.41) is 10.4. The molecule has 2 aromatic rings. The highest BCUT2D eigenvalue weighted by Gasteiger charge is 2.05. The molecule has 5 heteroatoms. The van der Waals surface area contributed by atoms with Gasteiger partial charge in [-0.1, -0.05) is 29.3 Å². The highest BCUT2D eigenvalue weighted by Crippen LogP contribution is 2.22. The van der Waals surface area contributed by atoms with Gasteiger partial charge in [0.2, 0.25) is 6.20 Å². The fourth-order valence-electron chi connectivity index (χ4n) is 1.46. The third kappa shape index (κ3) is 3.77. The van der Waals surface area contributed by atoms with Gasteiger partial charge in [0.1, 0.15) is 0 Å². The predicted molar refractivity (Wildman–Crippen MR) is 63.9 cm³/mol. The second-order valence-corrected chi connectivity index (χ2v) is 4.30. The quantitative estimate of drug-likeness (QED) is 0.776. The number of halogens is 3. The lowest BCUT2D eigenvalue weighted by atomic mass is 10.2. The summed E-state index contributed by atoms with van der Waals surface area (Å²) in [5.41, 5.74) is 1.03. The van der Waals surface area contributed by atoms with E-state index in [2.05, 4.69) is 0 Å². The SMILES string of the molecule is Oc1ccc[n+](Cc2ccc(Cl)c(Cl)c2)c1.[Cl-]. The van der Waals surface area contributed by atoms with Crippen molar-refractivity contribution in [1.29, 1.82) is 0 Å². The zero-order valence-electron chi connectivity index (χ0n) is 8.78. The predicted octanol–water partition coefficient (Wildman–Crippen LogP) is 0.0388. The molecular weight excluding hydrogens is 280 g/mol. The topological polar surface area (TPSA) is 24.1 Å². The molecule has 2 rings (SSSR count). The Kier molecular flexibility index (Phi) is 5.06. The van der Waals surface area contributed by atoms with Gasteiger partial charge in [0.15, 0.2) is 18.5 Å². The fraction of sp³-hybridized carbons (Fsp3) is 0.0833. The Morgan fingerprint density at radius 3 is 2.53 bits per heavy atom. The second-order valence-electron chi connectivity index (χ2n) is 3.48. The van der Waals surface area contributed by atoms with Crippen LogP contribution in [0.2, 0.25) is 10.0 Å². The van der Waals surface area contributed by atoms with Crippen molar-refractivity contribution in [1.82, 2.24) is 0 Å². The molecule has 90 valence electrons. The van der Waals surface area contributed by atoms with E-state index in [1.165, 1.54) is 0 Å². The normalized spacial score (nSPS) is 9.76. The van der Waals surface area contributed by atoms with E-state index in [0.717, 1.165) is 5.56 Å². The zero-order valence-corrected chi connectivity index (χ0v) is 11.0. The number of nitrogens with zero attached hydrogens (tertiary/aromatic N) is 1. The van der Waals surface area contributed by atoms with Crippen LogP contribution in [0.15, 0.2) is 42.7 Å². The molecule has 1 N–H and O–H groups in total. The van der Waals surface area contributed by atoms with E-state index in [1.54, 1.807) is 24.4 Å². The Labute approximate surface area is 116 Å². The molecule has 0 bridgehead atoms. The minimum Gasteiger partial charge on any atom is -1.00 e. The van der Waals surface area contributed by atoms with Crippen molar-refractivity contribution in [3.63, 3.8) is 0 Å². The largest absolute Gasteiger partial charge is 1.00 e. The molecule has 0 aliphatic rings. The first-order chi connectivity index (χ1) is 7.65. The Bertz CT molecular complexity index is 517. The molecule has 0 amide bonds. The lowest BCUT2D eigenvalue weighted by Crippen LogP contribution is -3.00. The molecule has 1 heterocycles. The van der Waals surface area contributed by atoms with Crippen molar-refractivity contribution >= 4 is 23.2 Å². The standard InChI is InChI=1S/C12H9Cl2NO.ClH/c13-11-4-3-9(6-12(11)14)7-15-5-1-2-10(16)8-15;/h1-6,8H,7H2;1H. The van der Waals surface area contributed by atoms with Crippen LogP contribution in [0, 0.1) is 0 Å². The Morgan fingerprint density at radius 2 is 1.88 bits per heavy atom. The van der Waals surface area contributed by atoms with E-state index in [4.69, 9.17) is 23.2 Å². The van der Waals surface area contributed by atoms with Crippen LogP contribution in [0.1, 0.15) is 5.56 Å². The summed E-state index contributed by atoms with van der Waals surface area (Å²) in [5.74, 6) is 0.238. The van der Waals surface area contributed by atoms with Gasteiger partial charge in [-0.3, -0.25) is 0 Å². The third-order valence-corrected chi connectivity index (χ3v) is 2.93. The van der Waals surface area contributed by atoms with Crippen molar-refractivity contribution in [2.45, 2.75) is 6.54 Å². The number of benzene rings is 1. The van der Waals surface area contributed by atoms with E-state index < -0.39 is 0 Å². The van der Waals surface area contributed by atoms with Crippen molar-refractivity contribution < 1.29 is 22.1 Å². The smallest absolute Gasteiger partial charge is 0.211 e. The number of aromatic nitrogens is 1. The van der Waals surface area contributed by atoms with Crippen LogP contribution in [-0.4, -0.2) is 5.11 Å². The molecule has 1 aromatic carbocycles. The summed E-state index contributed by atoms with van der Waals surface area (Å²) in [6, 6.07) is 8.91. The molecule has 0 saturated carbocycles. The second kappa shape index (κ2) is 6.10. The molecule has 1 aromatic heterocycles. The van der Waals surface area contributed by atoms with Crippen LogP contribution in [0.5, 0.6) is 5.75 Å². The first-order valence-electron chi connectivity index (χ1n) is 4.77. The number of hydrogen-bond acceptors (Lipinski definition) is 1.